The van der Waals surface area contributed by atoms with Crippen LogP contribution < -0.4 is 5.32 Å². The number of halogens is 1. The number of carbonyl (C=O) groups is 1. The molecule has 1 rings (SSSR count). The van der Waals surface area contributed by atoms with Crippen LogP contribution in [0.4, 0.5) is 15.0 Å². The SMILES string of the molecule is CCc1cc(F)cnc1NC(=O)OC. The minimum atomic E-state index is -0.612. The third-order valence-electron chi connectivity index (χ3n) is 1.72. The van der Waals surface area contributed by atoms with Gasteiger partial charge >= 0.3 is 6.09 Å². The van der Waals surface area contributed by atoms with Gasteiger partial charge in [-0.3, -0.25) is 5.32 Å². The monoisotopic (exact) mass is 198 g/mol. The zero-order chi connectivity index (χ0) is 10.6. The minimum absolute atomic E-state index is 0.334. The van der Waals surface area contributed by atoms with Gasteiger partial charge in [0, 0.05) is 0 Å². The molecule has 1 aromatic heterocycles. The Labute approximate surface area is 81.1 Å². The molecule has 0 spiro atoms. The first-order chi connectivity index (χ1) is 6.67. The summed E-state index contributed by atoms with van der Waals surface area (Å²) in [5, 5.41) is 2.40. The number of hydrogen-bond donors (Lipinski definition) is 1. The quantitative estimate of drug-likeness (QED) is 0.790. The van der Waals surface area contributed by atoms with Gasteiger partial charge in [-0.2, -0.15) is 0 Å². The number of aryl methyl sites for hydroxylation is 1. The summed E-state index contributed by atoms with van der Waals surface area (Å²) in [6, 6.07) is 1.33. The zero-order valence-electron chi connectivity index (χ0n) is 8.00. The molecule has 0 saturated heterocycles. The molecule has 0 aliphatic carbocycles. The van der Waals surface area contributed by atoms with Crippen molar-refractivity contribution < 1.29 is 13.9 Å². The van der Waals surface area contributed by atoms with Gasteiger partial charge in [-0.1, -0.05) is 6.92 Å². The van der Waals surface area contributed by atoms with Crippen molar-refractivity contribution in [2.24, 2.45) is 0 Å². The van der Waals surface area contributed by atoms with E-state index in [1.54, 1.807) is 0 Å². The van der Waals surface area contributed by atoms with Crippen LogP contribution in [0.5, 0.6) is 0 Å². The molecule has 1 amide bonds. The highest BCUT2D eigenvalue weighted by Gasteiger charge is 2.07. The molecular formula is C9H11FN2O2. The fourth-order valence-electron chi connectivity index (χ4n) is 1.01. The maximum Gasteiger partial charge on any atom is 0.412 e. The second kappa shape index (κ2) is 4.55. The number of carbonyl (C=O) groups excluding carboxylic acids is 1. The predicted octanol–water partition coefficient (Wildman–Crippen LogP) is 1.96. The topological polar surface area (TPSA) is 51.2 Å². The van der Waals surface area contributed by atoms with Crippen molar-refractivity contribution in [3.63, 3.8) is 0 Å². The molecule has 1 aromatic rings. The fraction of sp³-hybridized carbons (Fsp3) is 0.333. The van der Waals surface area contributed by atoms with Gasteiger partial charge in [0.2, 0.25) is 0 Å². The molecule has 0 aromatic carbocycles. The van der Waals surface area contributed by atoms with Crippen LogP contribution in [-0.4, -0.2) is 18.2 Å². The minimum Gasteiger partial charge on any atom is -0.453 e. The lowest BCUT2D eigenvalue weighted by atomic mass is 10.2. The van der Waals surface area contributed by atoms with Crippen LogP contribution in [0.2, 0.25) is 0 Å². The normalized spacial score (nSPS) is 9.64. The van der Waals surface area contributed by atoms with E-state index in [9.17, 15) is 9.18 Å². The van der Waals surface area contributed by atoms with Crippen molar-refractivity contribution in [3.05, 3.63) is 23.6 Å². The molecule has 0 fully saturated rings. The van der Waals surface area contributed by atoms with Crippen LogP contribution in [0.1, 0.15) is 12.5 Å². The Morgan fingerprint density at radius 2 is 2.43 bits per heavy atom. The lowest BCUT2D eigenvalue weighted by Crippen LogP contribution is -2.13. The van der Waals surface area contributed by atoms with E-state index in [2.05, 4.69) is 15.0 Å². The van der Waals surface area contributed by atoms with Gasteiger partial charge in [0.15, 0.2) is 0 Å². The first-order valence-electron chi connectivity index (χ1n) is 4.16. The number of methoxy groups -OCH3 is 1. The van der Waals surface area contributed by atoms with E-state index < -0.39 is 11.9 Å². The first-order valence-corrected chi connectivity index (χ1v) is 4.16. The van der Waals surface area contributed by atoms with Gasteiger partial charge in [-0.05, 0) is 18.1 Å². The van der Waals surface area contributed by atoms with E-state index in [4.69, 9.17) is 0 Å². The highest BCUT2D eigenvalue weighted by molar-refractivity contribution is 5.84. The summed E-state index contributed by atoms with van der Waals surface area (Å²) < 4.78 is 17.1. The summed E-state index contributed by atoms with van der Waals surface area (Å²) in [4.78, 5) is 14.6. The van der Waals surface area contributed by atoms with Crippen molar-refractivity contribution in [2.45, 2.75) is 13.3 Å². The Balaban J connectivity index is 2.90. The van der Waals surface area contributed by atoms with Gasteiger partial charge in [-0.25, -0.2) is 14.2 Å². The smallest absolute Gasteiger partial charge is 0.412 e. The van der Waals surface area contributed by atoms with E-state index in [0.717, 1.165) is 6.20 Å². The average Bonchev–Trinajstić information content (AvgIpc) is 2.20. The zero-order valence-corrected chi connectivity index (χ0v) is 8.00. The number of amides is 1. The summed E-state index contributed by atoms with van der Waals surface area (Å²) in [6.45, 7) is 1.85. The van der Waals surface area contributed by atoms with Crippen LogP contribution in [0.3, 0.4) is 0 Å². The Morgan fingerprint density at radius 1 is 1.71 bits per heavy atom. The van der Waals surface area contributed by atoms with Gasteiger partial charge in [0.1, 0.15) is 11.6 Å². The molecule has 1 heterocycles. The summed E-state index contributed by atoms with van der Waals surface area (Å²) in [5.74, 6) is -0.0852. The first kappa shape index (κ1) is 10.4. The average molecular weight is 198 g/mol. The molecule has 0 aliphatic rings. The molecule has 14 heavy (non-hydrogen) atoms. The lowest BCUT2D eigenvalue weighted by Gasteiger charge is -2.07. The number of rotatable bonds is 2. The standard InChI is InChI=1S/C9H11FN2O2/c1-3-6-4-7(10)5-11-8(6)12-9(13)14-2/h4-5H,3H2,1-2H3,(H,11,12,13). The number of anilines is 1. The maximum atomic E-state index is 12.7. The molecule has 0 bridgehead atoms. The third kappa shape index (κ3) is 2.42. The van der Waals surface area contributed by atoms with Crippen LogP contribution in [0.15, 0.2) is 12.3 Å². The molecule has 0 atom stereocenters. The molecule has 0 aliphatic heterocycles. The molecule has 0 radical (unpaired) electrons. The molecule has 1 N–H and O–H groups in total. The van der Waals surface area contributed by atoms with E-state index in [1.807, 2.05) is 6.92 Å². The van der Waals surface area contributed by atoms with Crippen molar-refractivity contribution >= 4 is 11.9 Å². The number of ether oxygens (including phenoxy) is 1. The van der Waals surface area contributed by atoms with Gasteiger partial charge in [0.25, 0.3) is 0 Å². The molecular weight excluding hydrogens is 187 g/mol. The fourth-order valence-corrected chi connectivity index (χ4v) is 1.01. The van der Waals surface area contributed by atoms with E-state index in [0.29, 0.717) is 17.8 Å². The van der Waals surface area contributed by atoms with Gasteiger partial charge < -0.3 is 4.74 Å². The van der Waals surface area contributed by atoms with Crippen LogP contribution in [0.25, 0.3) is 0 Å². The molecule has 0 unspecified atom stereocenters. The van der Waals surface area contributed by atoms with Crippen molar-refractivity contribution in [3.8, 4) is 0 Å². The van der Waals surface area contributed by atoms with E-state index in [1.165, 1.54) is 13.2 Å². The van der Waals surface area contributed by atoms with Gasteiger partial charge in [-0.15, -0.1) is 0 Å². The summed E-state index contributed by atoms with van der Waals surface area (Å²) >= 11 is 0. The molecule has 76 valence electrons. The van der Waals surface area contributed by atoms with E-state index >= 15 is 0 Å². The summed E-state index contributed by atoms with van der Waals surface area (Å²) in [5.41, 5.74) is 0.635. The van der Waals surface area contributed by atoms with Crippen molar-refractivity contribution in [1.29, 1.82) is 0 Å². The third-order valence-corrected chi connectivity index (χ3v) is 1.72. The van der Waals surface area contributed by atoms with E-state index in [-0.39, 0.29) is 0 Å². The number of pyridine rings is 1. The highest BCUT2D eigenvalue weighted by Crippen LogP contribution is 2.14. The Kier molecular flexibility index (Phi) is 3.39. The Bertz CT molecular complexity index is 342. The molecule has 4 nitrogen and oxygen atoms in total. The van der Waals surface area contributed by atoms with Crippen molar-refractivity contribution in [1.82, 2.24) is 4.98 Å². The maximum absolute atomic E-state index is 12.7. The number of nitrogens with one attached hydrogen (secondary N) is 1. The van der Waals surface area contributed by atoms with Crippen LogP contribution in [-0.2, 0) is 11.2 Å². The number of aromatic nitrogens is 1. The Morgan fingerprint density at radius 3 is 3.00 bits per heavy atom. The second-order valence-corrected chi connectivity index (χ2v) is 2.63. The van der Waals surface area contributed by atoms with Crippen molar-refractivity contribution in [2.75, 3.05) is 12.4 Å². The predicted molar refractivity (Wildman–Crippen MR) is 49.6 cm³/mol. The number of nitrogens with zero attached hydrogens (tertiary/aromatic N) is 1. The summed E-state index contributed by atoms with van der Waals surface area (Å²) in [7, 11) is 1.25. The van der Waals surface area contributed by atoms with Crippen LogP contribution in [0, 0.1) is 5.82 Å². The second-order valence-electron chi connectivity index (χ2n) is 2.63. The largest absolute Gasteiger partial charge is 0.453 e. The number of hydrogen-bond acceptors (Lipinski definition) is 3. The lowest BCUT2D eigenvalue weighted by molar-refractivity contribution is 0.187. The highest BCUT2D eigenvalue weighted by atomic mass is 19.1. The molecule has 0 saturated carbocycles. The molecule has 5 heteroatoms. The Hall–Kier alpha value is -1.65. The summed E-state index contributed by atoms with van der Waals surface area (Å²) in [6.07, 6.45) is 1.02. The van der Waals surface area contributed by atoms with Crippen LogP contribution >= 0.6 is 0 Å². The van der Waals surface area contributed by atoms with Gasteiger partial charge in [0.05, 0.1) is 13.3 Å².